The molecule has 1 aromatic rings. The number of anilines is 2. The third-order valence-electron chi connectivity index (χ3n) is 2.96. The van der Waals surface area contributed by atoms with Crippen LogP contribution in [0.4, 0.5) is 11.4 Å². The second-order valence-electron chi connectivity index (χ2n) is 4.30. The molecule has 0 unspecified atom stereocenters. The van der Waals surface area contributed by atoms with E-state index in [4.69, 9.17) is 11.5 Å². The molecule has 0 heterocycles. The molecule has 0 saturated heterocycles. The average Bonchev–Trinajstić information content (AvgIpc) is 2.18. The molecule has 0 radical (unpaired) electrons. The van der Waals surface area contributed by atoms with Crippen molar-refractivity contribution in [1.29, 1.82) is 0 Å². The molecular weight excluding hydrogens is 184 g/mol. The van der Waals surface area contributed by atoms with Crippen LogP contribution < -0.4 is 11.5 Å². The summed E-state index contributed by atoms with van der Waals surface area (Å²) in [5.74, 6) is 0.391. The maximum absolute atomic E-state index is 6.14. The SMILES string of the molecule is CCc1cc(CC)c(N)c(C(C)C)c1N. The Bertz CT molecular complexity index is 326. The molecule has 0 saturated carbocycles. The van der Waals surface area contributed by atoms with Gasteiger partial charge in [-0.15, -0.1) is 0 Å². The Balaban J connectivity index is 3.46. The first-order chi connectivity index (χ1) is 7.02. The fourth-order valence-electron chi connectivity index (χ4n) is 2.06. The number of aryl methyl sites for hydroxylation is 2. The lowest BCUT2D eigenvalue weighted by Crippen LogP contribution is -2.08. The number of hydrogen-bond acceptors (Lipinski definition) is 2. The molecule has 0 aliphatic carbocycles. The second-order valence-corrected chi connectivity index (χ2v) is 4.30. The Hall–Kier alpha value is -1.18. The molecule has 1 aromatic carbocycles. The highest BCUT2D eigenvalue weighted by molar-refractivity contribution is 5.70. The number of hydrogen-bond donors (Lipinski definition) is 2. The van der Waals surface area contributed by atoms with Gasteiger partial charge in [-0.3, -0.25) is 0 Å². The van der Waals surface area contributed by atoms with Crippen LogP contribution in [0.2, 0.25) is 0 Å². The highest BCUT2D eigenvalue weighted by Gasteiger charge is 2.14. The molecular formula is C13H22N2. The topological polar surface area (TPSA) is 52.0 Å². The molecule has 0 aliphatic heterocycles. The normalized spacial score (nSPS) is 11.0. The van der Waals surface area contributed by atoms with E-state index in [1.165, 1.54) is 11.1 Å². The Morgan fingerprint density at radius 2 is 1.40 bits per heavy atom. The molecule has 2 nitrogen and oxygen atoms in total. The summed E-state index contributed by atoms with van der Waals surface area (Å²) in [7, 11) is 0. The smallest absolute Gasteiger partial charge is 0.0402 e. The molecule has 4 N–H and O–H groups in total. The number of nitrogens with two attached hydrogens (primary N) is 2. The van der Waals surface area contributed by atoms with Crippen LogP contribution in [0.1, 0.15) is 50.3 Å². The third-order valence-corrected chi connectivity index (χ3v) is 2.96. The van der Waals surface area contributed by atoms with E-state index in [-0.39, 0.29) is 0 Å². The Labute approximate surface area is 92.7 Å². The van der Waals surface area contributed by atoms with Crippen molar-refractivity contribution in [2.24, 2.45) is 0 Å². The number of benzene rings is 1. The lowest BCUT2D eigenvalue weighted by atomic mass is 9.91. The van der Waals surface area contributed by atoms with Crippen LogP contribution in [-0.4, -0.2) is 0 Å². The van der Waals surface area contributed by atoms with Gasteiger partial charge in [0.1, 0.15) is 0 Å². The van der Waals surface area contributed by atoms with Crippen LogP contribution in [0.25, 0.3) is 0 Å². The summed E-state index contributed by atoms with van der Waals surface area (Å²) >= 11 is 0. The average molecular weight is 206 g/mol. The monoisotopic (exact) mass is 206 g/mol. The molecule has 0 spiro atoms. The van der Waals surface area contributed by atoms with Gasteiger partial charge in [-0.2, -0.15) is 0 Å². The van der Waals surface area contributed by atoms with E-state index in [2.05, 4.69) is 33.8 Å². The van der Waals surface area contributed by atoms with E-state index in [1.807, 2.05) is 0 Å². The first-order valence-corrected chi connectivity index (χ1v) is 5.72. The largest absolute Gasteiger partial charge is 0.398 e. The summed E-state index contributed by atoms with van der Waals surface area (Å²) in [6.45, 7) is 8.54. The molecule has 0 aliphatic rings. The van der Waals surface area contributed by atoms with Gasteiger partial charge in [-0.1, -0.05) is 33.8 Å². The Morgan fingerprint density at radius 1 is 1.00 bits per heavy atom. The van der Waals surface area contributed by atoms with E-state index >= 15 is 0 Å². The quantitative estimate of drug-likeness (QED) is 0.747. The van der Waals surface area contributed by atoms with Crippen LogP contribution in [0.5, 0.6) is 0 Å². The van der Waals surface area contributed by atoms with E-state index in [0.29, 0.717) is 5.92 Å². The van der Waals surface area contributed by atoms with Crippen molar-refractivity contribution in [1.82, 2.24) is 0 Å². The van der Waals surface area contributed by atoms with Crippen molar-refractivity contribution < 1.29 is 0 Å². The zero-order valence-electron chi connectivity index (χ0n) is 10.2. The zero-order valence-corrected chi connectivity index (χ0v) is 10.2. The van der Waals surface area contributed by atoms with Gasteiger partial charge in [0.2, 0.25) is 0 Å². The fourth-order valence-corrected chi connectivity index (χ4v) is 2.06. The van der Waals surface area contributed by atoms with Crippen molar-refractivity contribution in [3.63, 3.8) is 0 Å². The van der Waals surface area contributed by atoms with Gasteiger partial charge in [-0.05, 0) is 29.9 Å². The standard InChI is InChI=1S/C13H22N2/c1-5-9-7-10(6-2)13(15)11(8(3)4)12(9)14/h7-8H,5-6,14-15H2,1-4H3. The van der Waals surface area contributed by atoms with E-state index in [9.17, 15) is 0 Å². The summed E-state index contributed by atoms with van der Waals surface area (Å²) < 4.78 is 0. The number of rotatable bonds is 3. The van der Waals surface area contributed by atoms with Gasteiger partial charge >= 0.3 is 0 Å². The van der Waals surface area contributed by atoms with Gasteiger partial charge in [0.25, 0.3) is 0 Å². The molecule has 2 heteroatoms. The van der Waals surface area contributed by atoms with Crippen molar-refractivity contribution in [2.45, 2.75) is 46.5 Å². The van der Waals surface area contributed by atoms with Crippen molar-refractivity contribution in [2.75, 3.05) is 11.5 Å². The van der Waals surface area contributed by atoms with Gasteiger partial charge in [0.05, 0.1) is 0 Å². The summed E-state index contributed by atoms with van der Waals surface area (Å²) in [6.07, 6.45) is 1.94. The highest BCUT2D eigenvalue weighted by atomic mass is 14.6. The molecule has 0 aromatic heterocycles. The van der Waals surface area contributed by atoms with Crippen molar-refractivity contribution in [3.05, 3.63) is 22.8 Å². The van der Waals surface area contributed by atoms with Crippen LogP contribution in [0, 0.1) is 0 Å². The van der Waals surface area contributed by atoms with Crippen molar-refractivity contribution in [3.8, 4) is 0 Å². The minimum absolute atomic E-state index is 0.391. The van der Waals surface area contributed by atoms with Gasteiger partial charge in [-0.25, -0.2) is 0 Å². The molecule has 15 heavy (non-hydrogen) atoms. The van der Waals surface area contributed by atoms with E-state index < -0.39 is 0 Å². The minimum atomic E-state index is 0.391. The molecule has 0 atom stereocenters. The first-order valence-electron chi connectivity index (χ1n) is 5.72. The summed E-state index contributed by atoms with van der Waals surface area (Å²) in [6, 6.07) is 2.15. The van der Waals surface area contributed by atoms with Crippen LogP contribution >= 0.6 is 0 Å². The van der Waals surface area contributed by atoms with Gasteiger partial charge in [0, 0.05) is 16.9 Å². The Morgan fingerprint density at radius 3 is 1.67 bits per heavy atom. The molecule has 0 bridgehead atoms. The maximum atomic E-state index is 6.14. The maximum Gasteiger partial charge on any atom is 0.0402 e. The van der Waals surface area contributed by atoms with E-state index in [1.54, 1.807) is 0 Å². The number of nitrogen functional groups attached to an aromatic ring is 2. The second kappa shape index (κ2) is 4.56. The lowest BCUT2D eigenvalue weighted by Gasteiger charge is -2.19. The predicted molar refractivity (Wildman–Crippen MR) is 68.1 cm³/mol. The minimum Gasteiger partial charge on any atom is -0.398 e. The van der Waals surface area contributed by atoms with Crippen molar-refractivity contribution >= 4 is 11.4 Å². The molecule has 0 amide bonds. The van der Waals surface area contributed by atoms with Crippen LogP contribution in [0.3, 0.4) is 0 Å². The predicted octanol–water partition coefficient (Wildman–Crippen LogP) is 3.10. The first kappa shape index (κ1) is 11.9. The van der Waals surface area contributed by atoms with Gasteiger partial charge < -0.3 is 11.5 Å². The summed E-state index contributed by atoms with van der Waals surface area (Å²) in [4.78, 5) is 0. The lowest BCUT2D eigenvalue weighted by molar-refractivity contribution is 0.865. The van der Waals surface area contributed by atoms with Crippen LogP contribution in [0.15, 0.2) is 6.07 Å². The summed E-state index contributed by atoms with van der Waals surface area (Å²) in [5.41, 5.74) is 17.6. The third kappa shape index (κ3) is 2.09. The highest BCUT2D eigenvalue weighted by Crippen LogP contribution is 2.34. The van der Waals surface area contributed by atoms with Gasteiger partial charge in [0.15, 0.2) is 0 Å². The Kier molecular flexibility index (Phi) is 3.61. The fraction of sp³-hybridized carbons (Fsp3) is 0.538. The van der Waals surface area contributed by atoms with E-state index in [0.717, 1.165) is 29.8 Å². The summed E-state index contributed by atoms with van der Waals surface area (Å²) in [5, 5.41) is 0. The molecule has 84 valence electrons. The zero-order chi connectivity index (χ0) is 11.6. The molecule has 1 rings (SSSR count). The molecule has 0 fully saturated rings. The van der Waals surface area contributed by atoms with Crippen LogP contribution in [-0.2, 0) is 12.8 Å².